The Kier molecular flexibility index (Phi) is 4.80. The third-order valence-electron chi connectivity index (χ3n) is 8.49. The van der Waals surface area contributed by atoms with Gasteiger partial charge in [-0.2, -0.15) is 20.3 Å². The Balaban J connectivity index is 1.27. The van der Waals surface area contributed by atoms with E-state index in [1.54, 1.807) is 43.3 Å². The molecule has 1 aromatic heterocycles. The van der Waals surface area contributed by atoms with Gasteiger partial charge in [-0.15, -0.1) is 0 Å². The molecule has 4 heterocycles. The van der Waals surface area contributed by atoms with Crippen molar-refractivity contribution < 1.29 is 19.4 Å². The number of aromatic nitrogens is 3. The van der Waals surface area contributed by atoms with Gasteiger partial charge in [0.2, 0.25) is 11.8 Å². The SMILES string of the molecule is CC12OC(CCn3nc4ccc(Cl)cc4n3)(CC1O)C1C(=O)N(c3ccc4ccccc4c3C#N)C(=O)C12. The Labute approximate surface area is 222 Å². The number of aliphatic hydroxyl groups is 1. The van der Waals surface area contributed by atoms with Gasteiger partial charge >= 0.3 is 0 Å². The van der Waals surface area contributed by atoms with Crippen molar-refractivity contribution in [3.8, 4) is 6.07 Å². The van der Waals surface area contributed by atoms with E-state index < -0.39 is 41.0 Å². The molecule has 0 spiro atoms. The van der Waals surface area contributed by atoms with Crippen molar-refractivity contribution in [1.29, 1.82) is 5.26 Å². The van der Waals surface area contributed by atoms with Crippen molar-refractivity contribution in [2.24, 2.45) is 11.8 Å². The van der Waals surface area contributed by atoms with Gasteiger partial charge in [0.25, 0.3) is 0 Å². The molecule has 10 heteroatoms. The van der Waals surface area contributed by atoms with E-state index in [-0.39, 0.29) is 17.7 Å². The van der Waals surface area contributed by atoms with Crippen LogP contribution in [0.1, 0.15) is 25.3 Å². The summed E-state index contributed by atoms with van der Waals surface area (Å²) >= 11 is 6.08. The van der Waals surface area contributed by atoms with Crippen molar-refractivity contribution >= 4 is 50.9 Å². The van der Waals surface area contributed by atoms with Crippen LogP contribution >= 0.6 is 11.6 Å². The largest absolute Gasteiger partial charge is 0.390 e. The maximum Gasteiger partial charge on any atom is 0.240 e. The lowest BCUT2D eigenvalue weighted by atomic mass is 9.66. The third kappa shape index (κ3) is 2.99. The Morgan fingerprint density at radius 3 is 2.68 bits per heavy atom. The van der Waals surface area contributed by atoms with Crippen LogP contribution in [0.5, 0.6) is 0 Å². The van der Waals surface area contributed by atoms with E-state index in [0.717, 1.165) is 10.3 Å². The molecule has 4 aromatic rings. The number of rotatable bonds is 4. The minimum absolute atomic E-state index is 0.215. The molecule has 0 aliphatic carbocycles. The molecule has 0 radical (unpaired) electrons. The fourth-order valence-electron chi connectivity index (χ4n) is 6.75. The Hall–Kier alpha value is -3.84. The van der Waals surface area contributed by atoms with Gasteiger partial charge in [0.1, 0.15) is 22.7 Å². The summed E-state index contributed by atoms with van der Waals surface area (Å²) in [5, 5.41) is 32.1. The molecule has 5 atom stereocenters. The van der Waals surface area contributed by atoms with Gasteiger partial charge in [-0.25, -0.2) is 4.90 Å². The van der Waals surface area contributed by atoms with Crippen LogP contribution in [0.25, 0.3) is 21.8 Å². The van der Waals surface area contributed by atoms with Crippen molar-refractivity contribution in [3.63, 3.8) is 0 Å². The van der Waals surface area contributed by atoms with E-state index in [9.17, 15) is 20.0 Å². The quantitative estimate of drug-likeness (QED) is 0.402. The summed E-state index contributed by atoms with van der Waals surface area (Å²) in [5.74, 6) is -2.51. The van der Waals surface area contributed by atoms with Crippen LogP contribution < -0.4 is 4.90 Å². The number of aliphatic hydroxyl groups excluding tert-OH is 1. The molecule has 9 nitrogen and oxygen atoms in total. The lowest BCUT2D eigenvalue weighted by Gasteiger charge is -2.33. The van der Waals surface area contributed by atoms with Gasteiger partial charge in [0.15, 0.2) is 0 Å². The number of nitrogens with zero attached hydrogens (tertiary/aromatic N) is 5. The van der Waals surface area contributed by atoms with Crippen LogP contribution in [0, 0.1) is 23.2 Å². The van der Waals surface area contributed by atoms with Crippen LogP contribution in [0.4, 0.5) is 5.69 Å². The second-order valence-corrected chi connectivity index (χ2v) is 10.9. The predicted molar refractivity (Wildman–Crippen MR) is 138 cm³/mol. The number of imide groups is 1. The summed E-state index contributed by atoms with van der Waals surface area (Å²) in [4.78, 5) is 30.6. The number of benzene rings is 3. The zero-order valence-electron chi connectivity index (χ0n) is 20.3. The second-order valence-electron chi connectivity index (χ2n) is 10.5. The molecule has 3 saturated heterocycles. The van der Waals surface area contributed by atoms with E-state index >= 15 is 0 Å². The normalized spacial score (nSPS) is 29.9. The minimum Gasteiger partial charge on any atom is -0.390 e. The summed E-state index contributed by atoms with van der Waals surface area (Å²) in [6.07, 6.45) is -0.381. The van der Waals surface area contributed by atoms with Gasteiger partial charge in [0.05, 0.1) is 41.3 Å². The highest BCUT2D eigenvalue weighted by Gasteiger charge is 2.77. The number of hydrogen-bond donors (Lipinski definition) is 1. The first-order valence-corrected chi connectivity index (χ1v) is 12.8. The van der Waals surface area contributed by atoms with Crippen LogP contribution in [-0.4, -0.2) is 49.2 Å². The van der Waals surface area contributed by atoms with Crippen LogP contribution in [0.2, 0.25) is 5.02 Å². The maximum absolute atomic E-state index is 14.0. The van der Waals surface area contributed by atoms with Crippen molar-refractivity contribution in [3.05, 3.63) is 65.2 Å². The predicted octanol–water partition coefficient (Wildman–Crippen LogP) is 3.60. The lowest BCUT2D eigenvalue weighted by Crippen LogP contribution is -2.49. The fourth-order valence-corrected chi connectivity index (χ4v) is 6.91. The molecule has 0 saturated carbocycles. The first-order chi connectivity index (χ1) is 18.3. The molecule has 3 aliphatic rings. The number of carbonyl (C=O) groups excluding carboxylic acids is 2. The number of amides is 2. The summed E-state index contributed by atoms with van der Waals surface area (Å²) in [5.41, 5.74) is -0.418. The Morgan fingerprint density at radius 1 is 1.11 bits per heavy atom. The van der Waals surface area contributed by atoms with Gasteiger partial charge in [-0.3, -0.25) is 9.59 Å². The Bertz CT molecular complexity index is 1730. The average molecular weight is 528 g/mol. The van der Waals surface area contributed by atoms with Crippen LogP contribution in [0.3, 0.4) is 0 Å². The molecule has 3 aromatic carbocycles. The molecule has 190 valence electrons. The monoisotopic (exact) mass is 527 g/mol. The van der Waals surface area contributed by atoms with E-state index in [2.05, 4.69) is 16.3 Å². The van der Waals surface area contributed by atoms with Crippen molar-refractivity contribution in [2.45, 2.75) is 43.6 Å². The maximum atomic E-state index is 14.0. The van der Waals surface area contributed by atoms with E-state index in [4.69, 9.17) is 16.3 Å². The number of ether oxygens (including phenoxy) is 1. The molecule has 3 aliphatic heterocycles. The minimum atomic E-state index is -1.22. The lowest BCUT2D eigenvalue weighted by molar-refractivity contribution is -0.133. The highest BCUT2D eigenvalue weighted by molar-refractivity contribution is 6.31. The van der Waals surface area contributed by atoms with Crippen molar-refractivity contribution in [2.75, 3.05) is 4.90 Å². The topological polar surface area (TPSA) is 121 Å². The zero-order chi connectivity index (χ0) is 26.4. The number of hydrogen-bond acceptors (Lipinski definition) is 7. The van der Waals surface area contributed by atoms with E-state index in [1.807, 2.05) is 18.2 Å². The summed E-state index contributed by atoms with van der Waals surface area (Å²) in [6.45, 7) is 2.02. The molecule has 38 heavy (non-hydrogen) atoms. The average Bonchev–Trinajstić information content (AvgIpc) is 3.58. The highest BCUT2D eigenvalue weighted by Crippen LogP contribution is 2.62. The fraction of sp³-hybridized carbons (Fsp3) is 0.321. The second kappa shape index (κ2) is 7.84. The first kappa shape index (κ1) is 23.3. The first-order valence-electron chi connectivity index (χ1n) is 12.4. The molecule has 5 unspecified atom stereocenters. The van der Waals surface area contributed by atoms with Crippen LogP contribution in [0.15, 0.2) is 54.6 Å². The number of carbonyl (C=O) groups is 2. The van der Waals surface area contributed by atoms with Gasteiger partial charge in [0, 0.05) is 16.8 Å². The van der Waals surface area contributed by atoms with E-state index in [1.165, 1.54) is 4.80 Å². The molecule has 2 amide bonds. The number of nitriles is 1. The van der Waals surface area contributed by atoms with Crippen molar-refractivity contribution in [1.82, 2.24) is 15.0 Å². The van der Waals surface area contributed by atoms with Gasteiger partial charge < -0.3 is 9.84 Å². The van der Waals surface area contributed by atoms with E-state index in [0.29, 0.717) is 34.4 Å². The Morgan fingerprint density at radius 2 is 1.87 bits per heavy atom. The summed E-state index contributed by atoms with van der Waals surface area (Å²) in [7, 11) is 0. The molecule has 7 rings (SSSR count). The molecular formula is C28H22ClN5O4. The van der Waals surface area contributed by atoms with Crippen LogP contribution in [-0.2, 0) is 20.9 Å². The molecule has 3 fully saturated rings. The molecular weight excluding hydrogens is 506 g/mol. The van der Waals surface area contributed by atoms with Gasteiger partial charge in [-0.1, -0.05) is 41.9 Å². The zero-order valence-corrected chi connectivity index (χ0v) is 21.1. The number of halogens is 1. The summed E-state index contributed by atoms with van der Waals surface area (Å²) < 4.78 is 6.42. The molecule has 1 N–H and O–H groups in total. The standard InChI is InChI=1S/C28H22ClN5O4/c1-27-22(35)13-28(38-27,10-11-33-31-19-8-7-16(29)12-20(19)32-33)24-23(27)25(36)34(26(24)37)21-9-6-15-4-2-3-5-17(15)18(21)14-30/h2-9,12,22-24,35H,10-11,13H2,1H3. The highest BCUT2D eigenvalue weighted by atomic mass is 35.5. The number of anilines is 1. The number of fused-ring (bicyclic) bond motifs is 7. The third-order valence-corrected chi connectivity index (χ3v) is 8.73. The summed E-state index contributed by atoms with van der Waals surface area (Å²) in [6, 6.07) is 18.3. The molecule has 2 bridgehead atoms. The smallest absolute Gasteiger partial charge is 0.240 e. The number of aryl methyl sites for hydroxylation is 1. The van der Waals surface area contributed by atoms with Gasteiger partial charge in [-0.05, 0) is 43.0 Å².